The summed E-state index contributed by atoms with van der Waals surface area (Å²) in [6.45, 7) is 2.02. The highest BCUT2D eigenvalue weighted by Gasteiger charge is 2.00. The second-order valence-electron chi connectivity index (χ2n) is 4.32. The molecule has 2 aromatic rings. The molecule has 100 valence electrons. The minimum Gasteiger partial charge on any atom is -0.323 e. The van der Waals surface area contributed by atoms with Crippen LogP contribution in [0.2, 0.25) is 0 Å². The molecule has 2 rings (SSSR count). The quantitative estimate of drug-likeness (QED) is 0.868. The summed E-state index contributed by atoms with van der Waals surface area (Å²) in [7, 11) is 0. The Morgan fingerprint density at radius 1 is 1.35 bits per heavy atom. The fraction of sp³-hybridized carbons (Fsp3) is 0.125. The molecule has 0 fully saturated rings. The van der Waals surface area contributed by atoms with Gasteiger partial charge in [0.25, 0.3) is 0 Å². The van der Waals surface area contributed by atoms with Crippen LogP contribution in [0.3, 0.4) is 0 Å². The van der Waals surface area contributed by atoms with Crippen molar-refractivity contribution in [2.24, 2.45) is 0 Å². The molecule has 0 radical (unpaired) electrons. The molecule has 0 aliphatic rings. The number of amides is 1. The zero-order valence-corrected chi connectivity index (χ0v) is 11.9. The van der Waals surface area contributed by atoms with Gasteiger partial charge in [0.15, 0.2) is 0 Å². The molecule has 1 amide bonds. The Kier molecular flexibility index (Phi) is 4.70. The Morgan fingerprint density at radius 2 is 2.10 bits per heavy atom. The molecule has 0 bridgehead atoms. The van der Waals surface area contributed by atoms with Gasteiger partial charge in [-0.2, -0.15) is 5.26 Å². The molecule has 0 saturated carbocycles. The van der Waals surface area contributed by atoms with Gasteiger partial charge in [-0.15, -0.1) is 11.3 Å². The van der Waals surface area contributed by atoms with E-state index in [1.165, 1.54) is 11.6 Å². The van der Waals surface area contributed by atoms with Crippen molar-refractivity contribution in [2.45, 2.75) is 13.3 Å². The number of rotatable bonds is 4. The lowest BCUT2D eigenvalue weighted by molar-refractivity contribution is -0.111. The van der Waals surface area contributed by atoms with Crippen LogP contribution in [0.5, 0.6) is 0 Å². The van der Waals surface area contributed by atoms with Crippen LogP contribution in [0, 0.1) is 18.3 Å². The van der Waals surface area contributed by atoms with Gasteiger partial charge >= 0.3 is 0 Å². The summed E-state index contributed by atoms with van der Waals surface area (Å²) >= 11 is 1.61. The summed E-state index contributed by atoms with van der Waals surface area (Å²) in [5, 5.41) is 13.4. The molecule has 1 N–H and O–H groups in total. The molecule has 1 aromatic heterocycles. The van der Waals surface area contributed by atoms with E-state index in [0.717, 1.165) is 16.1 Å². The van der Waals surface area contributed by atoms with Crippen molar-refractivity contribution in [2.75, 3.05) is 5.32 Å². The van der Waals surface area contributed by atoms with Gasteiger partial charge in [-0.05, 0) is 47.7 Å². The lowest BCUT2D eigenvalue weighted by Gasteiger charge is -2.02. The molecular weight excluding hydrogens is 268 g/mol. The summed E-state index contributed by atoms with van der Waals surface area (Å²) in [5.41, 5.74) is 2.83. The molecule has 0 spiro atoms. The minimum atomic E-state index is -0.161. The maximum absolute atomic E-state index is 11.8. The Bertz CT molecular complexity index is 663. The predicted molar refractivity (Wildman–Crippen MR) is 82.5 cm³/mol. The van der Waals surface area contributed by atoms with Crippen molar-refractivity contribution in [1.29, 1.82) is 5.26 Å². The Hall–Kier alpha value is -2.38. The van der Waals surface area contributed by atoms with Gasteiger partial charge in [0.1, 0.15) is 0 Å². The van der Waals surface area contributed by atoms with E-state index < -0.39 is 0 Å². The first-order chi connectivity index (χ1) is 9.69. The highest BCUT2D eigenvalue weighted by atomic mass is 32.1. The standard InChI is InChI=1S/C16H14N2OS/c1-12-9-11-20-15(12)6-7-16(19)18-14-4-2-13(3-5-14)8-10-17/h2-7,9,11H,8H2,1H3,(H,18,19)/b7-6+. The SMILES string of the molecule is Cc1ccsc1/C=C/C(=O)Nc1ccc(CC#N)cc1. The first-order valence-electron chi connectivity index (χ1n) is 6.18. The number of nitrogens with one attached hydrogen (secondary N) is 1. The number of hydrogen-bond donors (Lipinski definition) is 1. The summed E-state index contributed by atoms with van der Waals surface area (Å²) in [6.07, 6.45) is 3.73. The Balaban J connectivity index is 1.96. The lowest BCUT2D eigenvalue weighted by atomic mass is 10.1. The average Bonchev–Trinajstić information content (AvgIpc) is 2.84. The van der Waals surface area contributed by atoms with Crippen molar-refractivity contribution in [3.8, 4) is 6.07 Å². The van der Waals surface area contributed by atoms with Gasteiger partial charge in [0.2, 0.25) is 5.91 Å². The fourth-order valence-electron chi connectivity index (χ4n) is 1.69. The van der Waals surface area contributed by atoms with Gasteiger partial charge in [0, 0.05) is 16.6 Å². The summed E-state index contributed by atoms with van der Waals surface area (Å²) in [5.74, 6) is -0.161. The predicted octanol–water partition coefficient (Wildman–Crippen LogP) is 3.77. The highest BCUT2D eigenvalue weighted by molar-refractivity contribution is 7.11. The monoisotopic (exact) mass is 282 g/mol. The zero-order valence-electron chi connectivity index (χ0n) is 11.1. The van der Waals surface area contributed by atoms with Gasteiger partial charge in [-0.3, -0.25) is 4.79 Å². The first kappa shape index (κ1) is 14.0. The van der Waals surface area contributed by atoms with Gasteiger partial charge in [-0.1, -0.05) is 12.1 Å². The summed E-state index contributed by atoms with van der Waals surface area (Å²) in [4.78, 5) is 12.9. The van der Waals surface area contributed by atoms with Crippen molar-refractivity contribution in [1.82, 2.24) is 0 Å². The second kappa shape index (κ2) is 6.69. The summed E-state index contributed by atoms with van der Waals surface area (Å²) < 4.78 is 0. The van der Waals surface area contributed by atoms with Crippen LogP contribution >= 0.6 is 11.3 Å². The number of nitriles is 1. The number of carbonyl (C=O) groups excluding carboxylic acids is 1. The molecule has 0 saturated heterocycles. The van der Waals surface area contributed by atoms with Crippen molar-refractivity contribution < 1.29 is 4.79 Å². The van der Waals surface area contributed by atoms with Crippen molar-refractivity contribution in [3.05, 3.63) is 57.8 Å². The molecule has 0 aliphatic carbocycles. The third kappa shape index (κ3) is 3.81. The molecular formula is C16H14N2OS. The molecule has 1 aromatic carbocycles. The van der Waals surface area contributed by atoms with E-state index in [1.54, 1.807) is 23.5 Å². The van der Waals surface area contributed by atoms with Crippen molar-refractivity contribution >= 4 is 29.0 Å². The van der Waals surface area contributed by atoms with Crippen LogP contribution in [-0.4, -0.2) is 5.91 Å². The molecule has 0 atom stereocenters. The molecule has 4 heteroatoms. The van der Waals surface area contributed by atoms with Crippen LogP contribution in [0.4, 0.5) is 5.69 Å². The molecule has 3 nitrogen and oxygen atoms in total. The van der Waals surface area contributed by atoms with E-state index in [1.807, 2.05) is 36.6 Å². The van der Waals surface area contributed by atoms with Crippen LogP contribution in [-0.2, 0) is 11.2 Å². The normalized spacial score (nSPS) is 10.4. The maximum Gasteiger partial charge on any atom is 0.248 e. The molecule has 0 unspecified atom stereocenters. The molecule has 1 heterocycles. The highest BCUT2D eigenvalue weighted by Crippen LogP contribution is 2.17. The second-order valence-corrected chi connectivity index (χ2v) is 5.27. The van der Waals surface area contributed by atoms with E-state index in [0.29, 0.717) is 6.42 Å². The van der Waals surface area contributed by atoms with Gasteiger partial charge < -0.3 is 5.32 Å². The third-order valence-electron chi connectivity index (χ3n) is 2.79. The Labute approximate surface area is 122 Å². The lowest BCUT2D eigenvalue weighted by Crippen LogP contribution is -2.07. The van der Waals surface area contributed by atoms with E-state index in [2.05, 4.69) is 11.4 Å². The molecule has 20 heavy (non-hydrogen) atoms. The number of benzene rings is 1. The van der Waals surface area contributed by atoms with E-state index in [4.69, 9.17) is 5.26 Å². The number of carbonyl (C=O) groups is 1. The number of aryl methyl sites for hydroxylation is 1. The number of nitrogens with zero attached hydrogens (tertiary/aromatic N) is 1. The fourth-order valence-corrected chi connectivity index (χ4v) is 2.51. The first-order valence-corrected chi connectivity index (χ1v) is 7.06. The van der Waals surface area contributed by atoms with Crippen LogP contribution in [0.25, 0.3) is 6.08 Å². The van der Waals surface area contributed by atoms with Crippen LogP contribution < -0.4 is 5.32 Å². The van der Waals surface area contributed by atoms with Gasteiger partial charge in [0.05, 0.1) is 12.5 Å². The maximum atomic E-state index is 11.8. The average molecular weight is 282 g/mol. The summed E-state index contributed by atoms with van der Waals surface area (Å²) in [6, 6.07) is 11.4. The van der Waals surface area contributed by atoms with Crippen molar-refractivity contribution in [3.63, 3.8) is 0 Å². The Morgan fingerprint density at radius 3 is 2.70 bits per heavy atom. The van der Waals surface area contributed by atoms with E-state index >= 15 is 0 Å². The zero-order chi connectivity index (χ0) is 14.4. The number of hydrogen-bond acceptors (Lipinski definition) is 3. The number of anilines is 1. The smallest absolute Gasteiger partial charge is 0.248 e. The topological polar surface area (TPSA) is 52.9 Å². The van der Waals surface area contributed by atoms with E-state index in [-0.39, 0.29) is 5.91 Å². The third-order valence-corrected chi connectivity index (χ3v) is 3.78. The largest absolute Gasteiger partial charge is 0.323 e. The van der Waals surface area contributed by atoms with Crippen LogP contribution in [0.15, 0.2) is 41.8 Å². The molecule has 0 aliphatic heterocycles. The minimum absolute atomic E-state index is 0.161. The number of thiophene rings is 1. The van der Waals surface area contributed by atoms with Crippen LogP contribution in [0.1, 0.15) is 16.0 Å². The van der Waals surface area contributed by atoms with Gasteiger partial charge in [-0.25, -0.2) is 0 Å². The van der Waals surface area contributed by atoms with E-state index in [9.17, 15) is 4.79 Å².